The van der Waals surface area contributed by atoms with Crippen molar-refractivity contribution in [1.82, 2.24) is 10.2 Å². The van der Waals surface area contributed by atoms with Crippen LogP contribution >= 0.6 is 0 Å². The molecule has 2 aromatic rings. The van der Waals surface area contributed by atoms with Gasteiger partial charge in [0.1, 0.15) is 6.04 Å². The van der Waals surface area contributed by atoms with Crippen LogP contribution in [-0.2, 0) is 16.1 Å². The molecule has 3 amide bonds. The van der Waals surface area contributed by atoms with Gasteiger partial charge in [-0.25, -0.2) is 0 Å². The molecule has 2 aliphatic heterocycles. The Labute approximate surface area is 144 Å². The number of nitrogens with two attached hydrogens (primary N) is 1. The number of imide groups is 1. The van der Waals surface area contributed by atoms with Crippen LogP contribution in [-0.4, -0.2) is 28.7 Å². The van der Waals surface area contributed by atoms with E-state index < -0.39 is 11.9 Å². The molecule has 1 atom stereocenters. The van der Waals surface area contributed by atoms with Crippen LogP contribution < -0.4 is 11.1 Å². The average Bonchev–Trinajstić information content (AvgIpc) is 2.92. The molecule has 0 unspecified atom stereocenters. The van der Waals surface area contributed by atoms with Gasteiger partial charge in [0.05, 0.1) is 0 Å². The molecule has 25 heavy (non-hydrogen) atoms. The fourth-order valence-electron chi connectivity index (χ4n) is 3.43. The van der Waals surface area contributed by atoms with E-state index in [0.717, 1.165) is 16.7 Å². The second-order valence-corrected chi connectivity index (χ2v) is 6.39. The molecule has 2 heterocycles. The van der Waals surface area contributed by atoms with Crippen LogP contribution in [0.4, 0.5) is 5.69 Å². The Morgan fingerprint density at radius 2 is 1.72 bits per heavy atom. The van der Waals surface area contributed by atoms with E-state index >= 15 is 0 Å². The van der Waals surface area contributed by atoms with E-state index in [0.29, 0.717) is 24.2 Å². The predicted molar refractivity (Wildman–Crippen MR) is 92.3 cm³/mol. The lowest BCUT2D eigenvalue weighted by Gasteiger charge is -2.29. The van der Waals surface area contributed by atoms with Crippen molar-refractivity contribution >= 4 is 23.4 Å². The van der Waals surface area contributed by atoms with Crippen molar-refractivity contribution in [3.05, 3.63) is 53.6 Å². The molecule has 3 N–H and O–H groups in total. The number of carbonyl (C=O) groups excluding carboxylic acids is 3. The van der Waals surface area contributed by atoms with E-state index in [1.807, 2.05) is 36.4 Å². The van der Waals surface area contributed by atoms with Crippen molar-refractivity contribution in [2.45, 2.75) is 25.4 Å². The zero-order valence-electron chi connectivity index (χ0n) is 13.5. The number of nitrogens with one attached hydrogen (secondary N) is 1. The predicted octanol–water partition coefficient (Wildman–Crippen LogP) is 1.70. The molecule has 1 fully saturated rings. The lowest BCUT2D eigenvalue weighted by molar-refractivity contribution is -0.136. The largest absolute Gasteiger partial charge is 0.399 e. The Morgan fingerprint density at radius 1 is 1.00 bits per heavy atom. The van der Waals surface area contributed by atoms with E-state index in [1.165, 1.54) is 0 Å². The van der Waals surface area contributed by atoms with Gasteiger partial charge in [0.15, 0.2) is 0 Å². The number of hydrogen-bond acceptors (Lipinski definition) is 4. The molecule has 0 bridgehead atoms. The van der Waals surface area contributed by atoms with Gasteiger partial charge in [0, 0.05) is 24.2 Å². The lowest BCUT2D eigenvalue weighted by atomic mass is 10.0. The molecule has 0 radical (unpaired) electrons. The third-order valence-corrected chi connectivity index (χ3v) is 4.77. The van der Waals surface area contributed by atoms with Crippen LogP contribution in [0.15, 0.2) is 42.5 Å². The number of nitrogens with zero attached hydrogens (tertiary/aromatic N) is 1. The van der Waals surface area contributed by atoms with Crippen LogP contribution in [0.2, 0.25) is 0 Å². The van der Waals surface area contributed by atoms with E-state index in [-0.39, 0.29) is 18.2 Å². The SMILES string of the molecule is Nc1ccc(-c2ccc3c(c2)CN([C@H]2CCC(=O)NC2=O)C3=O)cc1. The minimum Gasteiger partial charge on any atom is -0.399 e. The molecular formula is C19H17N3O3. The molecule has 0 aliphatic carbocycles. The number of benzene rings is 2. The molecule has 1 saturated heterocycles. The number of hydrogen-bond donors (Lipinski definition) is 2. The van der Waals surface area contributed by atoms with E-state index in [9.17, 15) is 14.4 Å². The first kappa shape index (κ1) is 15.4. The average molecular weight is 335 g/mol. The van der Waals surface area contributed by atoms with Gasteiger partial charge in [0.25, 0.3) is 5.91 Å². The third-order valence-electron chi connectivity index (χ3n) is 4.77. The summed E-state index contributed by atoms with van der Waals surface area (Å²) in [7, 11) is 0. The van der Waals surface area contributed by atoms with Crippen molar-refractivity contribution in [3.63, 3.8) is 0 Å². The molecule has 0 saturated carbocycles. The summed E-state index contributed by atoms with van der Waals surface area (Å²) >= 11 is 0. The second kappa shape index (κ2) is 5.73. The fourth-order valence-corrected chi connectivity index (χ4v) is 3.43. The highest BCUT2D eigenvalue weighted by Gasteiger charge is 2.39. The van der Waals surface area contributed by atoms with E-state index in [4.69, 9.17) is 5.73 Å². The maximum atomic E-state index is 12.7. The van der Waals surface area contributed by atoms with Gasteiger partial charge in [-0.05, 0) is 47.4 Å². The first-order valence-corrected chi connectivity index (χ1v) is 8.16. The zero-order chi connectivity index (χ0) is 17.6. The molecule has 6 nitrogen and oxygen atoms in total. The number of piperidine rings is 1. The van der Waals surface area contributed by atoms with Gasteiger partial charge in [-0.3, -0.25) is 19.7 Å². The molecule has 6 heteroatoms. The van der Waals surface area contributed by atoms with E-state index in [2.05, 4.69) is 5.32 Å². The van der Waals surface area contributed by atoms with E-state index in [1.54, 1.807) is 11.0 Å². The summed E-state index contributed by atoms with van der Waals surface area (Å²) in [5, 5.41) is 2.31. The summed E-state index contributed by atoms with van der Waals surface area (Å²) in [5.41, 5.74) is 9.94. The maximum Gasteiger partial charge on any atom is 0.255 e. The Bertz CT molecular complexity index is 889. The molecule has 126 valence electrons. The molecule has 2 aliphatic rings. The topological polar surface area (TPSA) is 92.5 Å². The fraction of sp³-hybridized carbons (Fsp3) is 0.211. The Hall–Kier alpha value is -3.15. The van der Waals surface area contributed by atoms with Gasteiger partial charge in [0.2, 0.25) is 11.8 Å². The molecule has 0 aromatic heterocycles. The Morgan fingerprint density at radius 3 is 2.44 bits per heavy atom. The van der Waals surface area contributed by atoms with Gasteiger partial charge < -0.3 is 10.6 Å². The summed E-state index contributed by atoms with van der Waals surface area (Å²) in [6, 6.07) is 12.6. The number of anilines is 1. The van der Waals surface area contributed by atoms with Gasteiger partial charge in [-0.2, -0.15) is 0 Å². The summed E-state index contributed by atoms with van der Waals surface area (Å²) in [6.45, 7) is 0.378. The second-order valence-electron chi connectivity index (χ2n) is 6.39. The standard InChI is InChI=1S/C19H17N3O3/c20-14-4-1-11(2-5-14)12-3-6-15-13(9-12)10-22(19(15)25)16-7-8-17(23)21-18(16)24/h1-6,9,16H,7-8,10,20H2,(H,21,23,24)/t16-/m0/s1. The smallest absolute Gasteiger partial charge is 0.255 e. The number of amides is 3. The van der Waals surface area contributed by atoms with Crippen molar-refractivity contribution in [2.75, 3.05) is 5.73 Å². The maximum absolute atomic E-state index is 12.7. The molecule has 0 spiro atoms. The van der Waals surface area contributed by atoms with Gasteiger partial charge in [-0.15, -0.1) is 0 Å². The molecular weight excluding hydrogens is 318 g/mol. The zero-order valence-corrected chi connectivity index (χ0v) is 13.5. The van der Waals surface area contributed by atoms with Crippen molar-refractivity contribution in [2.24, 2.45) is 0 Å². The van der Waals surface area contributed by atoms with Crippen LogP contribution in [0, 0.1) is 0 Å². The van der Waals surface area contributed by atoms with Crippen molar-refractivity contribution in [3.8, 4) is 11.1 Å². The van der Waals surface area contributed by atoms with Crippen LogP contribution in [0.1, 0.15) is 28.8 Å². The quantitative estimate of drug-likeness (QED) is 0.645. The highest BCUT2D eigenvalue weighted by atomic mass is 16.2. The summed E-state index contributed by atoms with van der Waals surface area (Å²) < 4.78 is 0. The molecule has 2 aromatic carbocycles. The minimum absolute atomic E-state index is 0.159. The number of carbonyl (C=O) groups is 3. The van der Waals surface area contributed by atoms with Gasteiger partial charge >= 0.3 is 0 Å². The minimum atomic E-state index is -0.586. The highest BCUT2D eigenvalue weighted by molar-refractivity contribution is 6.05. The first-order valence-electron chi connectivity index (χ1n) is 8.16. The summed E-state index contributed by atoms with van der Waals surface area (Å²) in [5.74, 6) is -0.833. The molecule has 4 rings (SSSR count). The summed E-state index contributed by atoms with van der Waals surface area (Å²) in [4.78, 5) is 37.6. The van der Waals surface area contributed by atoms with Crippen molar-refractivity contribution < 1.29 is 14.4 Å². The van der Waals surface area contributed by atoms with Crippen molar-refractivity contribution in [1.29, 1.82) is 0 Å². The summed E-state index contributed by atoms with van der Waals surface area (Å²) in [6.07, 6.45) is 0.627. The van der Waals surface area contributed by atoms with Crippen LogP contribution in [0.3, 0.4) is 0 Å². The Kier molecular flexibility index (Phi) is 3.53. The lowest BCUT2D eigenvalue weighted by Crippen LogP contribution is -2.52. The number of rotatable bonds is 2. The van der Waals surface area contributed by atoms with Crippen LogP contribution in [0.25, 0.3) is 11.1 Å². The Balaban J connectivity index is 1.62. The normalized spacial score (nSPS) is 19.8. The van der Waals surface area contributed by atoms with Crippen LogP contribution in [0.5, 0.6) is 0 Å². The number of nitrogen functional groups attached to an aromatic ring is 1. The number of fused-ring (bicyclic) bond motifs is 1. The highest BCUT2D eigenvalue weighted by Crippen LogP contribution is 2.31. The first-order chi connectivity index (χ1) is 12.0. The monoisotopic (exact) mass is 335 g/mol. The van der Waals surface area contributed by atoms with Gasteiger partial charge in [-0.1, -0.05) is 18.2 Å². The third kappa shape index (κ3) is 2.65.